The summed E-state index contributed by atoms with van der Waals surface area (Å²) in [5.74, 6) is -0.476. The Morgan fingerprint density at radius 1 is 0.903 bits per heavy atom. The number of nitrogens with one attached hydrogen (secondary N) is 1. The van der Waals surface area contributed by atoms with Crippen molar-refractivity contribution in [3.63, 3.8) is 0 Å². The van der Waals surface area contributed by atoms with Crippen LogP contribution in [0.1, 0.15) is 63.9 Å². The Morgan fingerprint density at radius 3 is 2.23 bits per heavy atom. The quantitative estimate of drug-likeness (QED) is 0.668. The molecule has 0 unspecified atom stereocenters. The molecule has 5 heteroatoms. The maximum absolute atomic E-state index is 12.6. The summed E-state index contributed by atoms with van der Waals surface area (Å²) < 4.78 is 0. The maximum Gasteiger partial charge on any atom is 0.243 e. The summed E-state index contributed by atoms with van der Waals surface area (Å²) in [5, 5.41) is 2.91. The minimum absolute atomic E-state index is 0.0227. The van der Waals surface area contributed by atoms with Crippen molar-refractivity contribution in [1.29, 1.82) is 0 Å². The first-order valence-electron chi connectivity index (χ1n) is 11.0. The van der Waals surface area contributed by atoms with Crippen LogP contribution in [0.3, 0.4) is 0 Å². The van der Waals surface area contributed by atoms with E-state index in [9.17, 15) is 14.4 Å². The van der Waals surface area contributed by atoms with Gasteiger partial charge in [0.2, 0.25) is 11.8 Å². The van der Waals surface area contributed by atoms with E-state index in [2.05, 4.69) is 11.4 Å². The van der Waals surface area contributed by atoms with Gasteiger partial charge in [-0.3, -0.25) is 14.4 Å². The highest BCUT2D eigenvalue weighted by Crippen LogP contribution is 2.23. The number of benzene rings is 2. The van der Waals surface area contributed by atoms with Crippen LogP contribution in [0.25, 0.3) is 0 Å². The molecule has 5 nitrogen and oxygen atoms in total. The molecule has 164 valence electrons. The lowest BCUT2D eigenvalue weighted by atomic mass is 9.89. The van der Waals surface area contributed by atoms with Gasteiger partial charge in [0.15, 0.2) is 5.78 Å². The Balaban J connectivity index is 1.51. The summed E-state index contributed by atoms with van der Waals surface area (Å²) >= 11 is 0. The van der Waals surface area contributed by atoms with Crippen LogP contribution < -0.4 is 5.32 Å². The molecule has 2 aromatic carbocycles. The van der Waals surface area contributed by atoms with E-state index in [0.717, 1.165) is 41.6 Å². The molecule has 0 saturated heterocycles. The lowest BCUT2D eigenvalue weighted by Crippen LogP contribution is -2.35. The molecule has 31 heavy (non-hydrogen) atoms. The topological polar surface area (TPSA) is 66.5 Å². The first-order valence-corrected chi connectivity index (χ1v) is 11.0. The number of amides is 2. The van der Waals surface area contributed by atoms with Crippen molar-refractivity contribution in [2.24, 2.45) is 0 Å². The standard InChI is InChI=1S/C26H32N2O3/c1-17-13-18(2)26(19(3)14-17)27-24(30)16-28(4)25(31)12-11-23(29)22-10-9-20-7-5-6-8-21(20)15-22/h9-10,13-15H,5-8,11-12,16H2,1-4H3,(H,27,30). The van der Waals surface area contributed by atoms with Gasteiger partial charge in [-0.1, -0.05) is 29.8 Å². The number of anilines is 1. The predicted octanol–water partition coefficient (Wildman–Crippen LogP) is 4.55. The van der Waals surface area contributed by atoms with Gasteiger partial charge in [-0.2, -0.15) is 0 Å². The summed E-state index contributed by atoms with van der Waals surface area (Å²) in [6.07, 6.45) is 4.72. The van der Waals surface area contributed by atoms with Crippen LogP contribution in [0.5, 0.6) is 0 Å². The van der Waals surface area contributed by atoms with Crippen LogP contribution in [-0.2, 0) is 22.4 Å². The molecule has 1 aliphatic carbocycles. The molecule has 0 spiro atoms. The number of hydrogen-bond donors (Lipinski definition) is 1. The second-order valence-corrected chi connectivity index (χ2v) is 8.69. The number of likely N-dealkylation sites (N-methyl/N-ethyl adjacent to an activating group) is 1. The summed E-state index contributed by atoms with van der Waals surface area (Å²) in [6, 6.07) is 9.95. The zero-order chi connectivity index (χ0) is 22.5. The molecule has 0 aliphatic heterocycles. The fourth-order valence-corrected chi connectivity index (χ4v) is 4.32. The van der Waals surface area contributed by atoms with Gasteiger partial charge in [0, 0.05) is 31.1 Å². The number of rotatable bonds is 7. The molecule has 0 atom stereocenters. The maximum atomic E-state index is 12.6. The van der Waals surface area contributed by atoms with Gasteiger partial charge in [-0.15, -0.1) is 0 Å². The molecule has 2 aromatic rings. The average molecular weight is 421 g/mol. The number of carbonyl (C=O) groups is 3. The van der Waals surface area contributed by atoms with E-state index in [1.54, 1.807) is 7.05 Å². The molecule has 0 bridgehead atoms. The monoisotopic (exact) mass is 420 g/mol. The number of aryl methyl sites for hydroxylation is 5. The third-order valence-electron chi connectivity index (χ3n) is 5.98. The van der Waals surface area contributed by atoms with Crippen molar-refractivity contribution >= 4 is 23.3 Å². The molecular formula is C26H32N2O3. The molecule has 0 aromatic heterocycles. The Hall–Kier alpha value is -2.95. The molecule has 1 N–H and O–H groups in total. The summed E-state index contributed by atoms with van der Waals surface area (Å²) in [6.45, 7) is 5.88. The van der Waals surface area contributed by atoms with Crippen molar-refractivity contribution in [3.05, 3.63) is 63.7 Å². The minimum atomic E-state index is -0.244. The zero-order valence-electron chi connectivity index (χ0n) is 19.0. The Labute approximate surface area is 184 Å². The summed E-state index contributed by atoms with van der Waals surface area (Å²) in [7, 11) is 1.60. The van der Waals surface area contributed by atoms with Crippen molar-refractivity contribution in [2.75, 3.05) is 18.9 Å². The number of Topliss-reactive ketones (excluding diaryl/α,β-unsaturated/α-hetero) is 1. The van der Waals surface area contributed by atoms with Crippen LogP contribution in [0.4, 0.5) is 5.69 Å². The molecule has 0 fully saturated rings. The van der Waals surface area contributed by atoms with Gasteiger partial charge in [0.05, 0.1) is 6.54 Å². The molecular weight excluding hydrogens is 388 g/mol. The molecule has 2 amide bonds. The lowest BCUT2D eigenvalue weighted by Gasteiger charge is -2.19. The van der Waals surface area contributed by atoms with E-state index in [1.165, 1.54) is 22.4 Å². The fraction of sp³-hybridized carbons (Fsp3) is 0.423. The summed E-state index contributed by atoms with van der Waals surface area (Å²) in [5.41, 5.74) is 7.20. The van der Waals surface area contributed by atoms with Gasteiger partial charge in [-0.05, 0) is 74.8 Å². The van der Waals surface area contributed by atoms with Gasteiger partial charge >= 0.3 is 0 Å². The Morgan fingerprint density at radius 2 is 1.55 bits per heavy atom. The minimum Gasteiger partial charge on any atom is -0.336 e. The zero-order valence-corrected chi connectivity index (χ0v) is 19.0. The fourth-order valence-electron chi connectivity index (χ4n) is 4.32. The first-order chi connectivity index (χ1) is 14.7. The van der Waals surface area contributed by atoms with Crippen LogP contribution in [0, 0.1) is 20.8 Å². The van der Waals surface area contributed by atoms with E-state index in [0.29, 0.717) is 5.56 Å². The number of ketones is 1. The Kier molecular flexibility index (Phi) is 7.26. The lowest BCUT2D eigenvalue weighted by molar-refractivity contribution is -0.133. The number of carbonyl (C=O) groups excluding carboxylic acids is 3. The second kappa shape index (κ2) is 9.90. The van der Waals surface area contributed by atoms with E-state index in [1.807, 2.05) is 45.0 Å². The van der Waals surface area contributed by atoms with Crippen molar-refractivity contribution < 1.29 is 14.4 Å². The number of nitrogens with zero attached hydrogens (tertiary/aromatic N) is 1. The van der Waals surface area contributed by atoms with E-state index in [4.69, 9.17) is 0 Å². The third kappa shape index (κ3) is 5.81. The van der Waals surface area contributed by atoms with E-state index < -0.39 is 0 Å². The van der Waals surface area contributed by atoms with Crippen LogP contribution in [0.2, 0.25) is 0 Å². The van der Waals surface area contributed by atoms with Gasteiger partial charge in [0.1, 0.15) is 0 Å². The largest absolute Gasteiger partial charge is 0.336 e. The van der Waals surface area contributed by atoms with Gasteiger partial charge in [-0.25, -0.2) is 0 Å². The van der Waals surface area contributed by atoms with Gasteiger partial charge in [0.25, 0.3) is 0 Å². The van der Waals surface area contributed by atoms with E-state index >= 15 is 0 Å². The van der Waals surface area contributed by atoms with E-state index in [-0.39, 0.29) is 37.0 Å². The third-order valence-corrected chi connectivity index (χ3v) is 5.98. The average Bonchev–Trinajstić information content (AvgIpc) is 2.73. The highest BCUT2D eigenvalue weighted by Gasteiger charge is 2.18. The smallest absolute Gasteiger partial charge is 0.243 e. The highest BCUT2D eigenvalue weighted by molar-refractivity contribution is 5.99. The predicted molar refractivity (Wildman–Crippen MR) is 124 cm³/mol. The first kappa shape index (κ1) is 22.7. The Bertz CT molecular complexity index is 987. The SMILES string of the molecule is Cc1cc(C)c(NC(=O)CN(C)C(=O)CCC(=O)c2ccc3c(c2)CCCC3)c(C)c1. The van der Waals surface area contributed by atoms with Crippen molar-refractivity contribution in [2.45, 2.75) is 59.3 Å². The molecule has 0 saturated carbocycles. The second-order valence-electron chi connectivity index (χ2n) is 8.69. The molecule has 3 rings (SSSR count). The number of hydrogen-bond acceptors (Lipinski definition) is 3. The van der Waals surface area contributed by atoms with Crippen LogP contribution in [0.15, 0.2) is 30.3 Å². The summed E-state index contributed by atoms with van der Waals surface area (Å²) in [4.78, 5) is 38.9. The molecule has 0 radical (unpaired) electrons. The molecule has 1 aliphatic rings. The van der Waals surface area contributed by atoms with Crippen molar-refractivity contribution in [3.8, 4) is 0 Å². The molecule has 0 heterocycles. The van der Waals surface area contributed by atoms with Crippen LogP contribution >= 0.6 is 0 Å². The normalized spacial score (nSPS) is 12.8. The van der Waals surface area contributed by atoms with Crippen molar-refractivity contribution in [1.82, 2.24) is 4.90 Å². The number of fused-ring (bicyclic) bond motifs is 1. The van der Waals surface area contributed by atoms with Gasteiger partial charge < -0.3 is 10.2 Å². The highest BCUT2D eigenvalue weighted by atomic mass is 16.2. The van der Waals surface area contributed by atoms with Crippen LogP contribution in [-0.4, -0.2) is 36.1 Å².